The van der Waals surface area contributed by atoms with Crippen molar-refractivity contribution in [2.24, 2.45) is 5.92 Å². The Kier molecular flexibility index (Phi) is 6.21. The van der Waals surface area contributed by atoms with Gasteiger partial charge in [0, 0.05) is 24.3 Å². The number of hydrogen-bond acceptors (Lipinski definition) is 3. The molecule has 168 valence electrons. The Labute approximate surface area is 181 Å². The number of hydrogen-bond donors (Lipinski definition) is 1. The third-order valence-electron chi connectivity index (χ3n) is 5.48. The molecule has 0 saturated heterocycles. The largest absolute Gasteiger partial charge is 0.391 e. The summed E-state index contributed by atoms with van der Waals surface area (Å²) in [6.07, 6.45) is -4.57. The topological polar surface area (TPSA) is 72.5 Å². The molecule has 0 radical (unpaired) electrons. The molecule has 10 heteroatoms. The molecule has 0 unspecified atom stereocenters. The van der Waals surface area contributed by atoms with Crippen molar-refractivity contribution in [1.29, 1.82) is 0 Å². The first-order valence-corrected chi connectivity index (χ1v) is 9.80. The maximum atomic E-state index is 13.5. The summed E-state index contributed by atoms with van der Waals surface area (Å²) < 4.78 is 53.5. The smallest absolute Gasteiger partial charge is 0.340 e. The van der Waals surface area contributed by atoms with Crippen molar-refractivity contribution in [3.63, 3.8) is 0 Å². The number of carbonyl (C=O) groups is 3. The van der Waals surface area contributed by atoms with E-state index in [1.54, 1.807) is 4.57 Å². The molecule has 0 saturated carbocycles. The minimum absolute atomic E-state index is 0.0343. The molecule has 1 aromatic carbocycles. The van der Waals surface area contributed by atoms with E-state index >= 15 is 0 Å². The van der Waals surface area contributed by atoms with E-state index in [9.17, 15) is 31.9 Å². The van der Waals surface area contributed by atoms with E-state index < -0.39 is 41.8 Å². The van der Waals surface area contributed by atoms with E-state index in [1.807, 2.05) is 0 Å². The lowest BCUT2D eigenvalue weighted by Crippen LogP contribution is -2.26. The van der Waals surface area contributed by atoms with Crippen molar-refractivity contribution < 1.29 is 31.9 Å². The summed E-state index contributed by atoms with van der Waals surface area (Å²) in [7, 11) is 0. The first-order valence-electron chi connectivity index (χ1n) is 9.80. The van der Waals surface area contributed by atoms with Crippen molar-refractivity contribution in [3.05, 3.63) is 57.9 Å². The molecule has 1 aromatic heterocycles. The Balaban J connectivity index is 1.92. The van der Waals surface area contributed by atoms with Crippen molar-refractivity contribution in [2.75, 3.05) is 5.32 Å². The molecule has 2 heterocycles. The number of nitrogens with one attached hydrogen (secondary N) is 1. The van der Waals surface area contributed by atoms with Crippen LogP contribution in [0.5, 0.6) is 0 Å². The summed E-state index contributed by atoms with van der Waals surface area (Å²) in [5.74, 6) is -5.54. The number of amides is 1. The number of ketones is 2. The summed E-state index contributed by atoms with van der Waals surface area (Å²) in [6, 6.07) is 3.48. The van der Waals surface area contributed by atoms with E-state index in [0.717, 1.165) is 19.1 Å². The lowest BCUT2D eigenvalue weighted by atomic mass is 9.95. The average Bonchev–Trinajstić information content (AvgIpc) is 3.27. The molecule has 0 aliphatic carbocycles. The second-order valence-corrected chi connectivity index (χ2v) is 7.68. The van der Waals surface area contributed by atoms with Crippen LogP contribution in [-0.2, 0) is 17.8 Å². The molecule has 0 bridgehead atoms. The van der Waals surface area contributed by atoms with Crippen LogP contribution in [0.1, 0.15) is 51.9 Å². The van der Waals surface area contributed by atoms with E-state index in [0.29, 0.717) is 25.1 Å². The normalized spacial score (nSPS) is 13.9. The first kappa shape index (κ1) is 23.2. The summed E-state index contributed by atoms with van der Waals surface area (Å²) in [5.41, 5.74) is 0.590. The van der Waals surface area contributed by atoms with E-state index in [-0.39, 0.29) is 28.2 Å². The average molecular weight is 449 g/mol. The van der Waals surface area contributed by atoms with Gasteiger partial charge >= 0.3 is 6.18 Å². The van der Waals surface area contributed by atoms with Crippen LogP contribution in [0.25, 0.3) is 4.85 Å². The monoisotopic (exact) mass is 449 g/mol. The van der Waals surface area contributed by atoms with Crippen LogP contribution in [0.15, 0.2) is 18.2 Å². The van der Waals surface area contributed by atoms with Gasteiger partial charge < -0.3 is 9.88 Å². The Hall–Kier alpha value is -3.48. The molecule has 32 heavy (non-hydrogen) atoms. The van der Waals surface area contributed by atoms with Gasteiger partial charge in [-0.25, -0.2) is 9.24 Å². The van der Waals surface area contributed by atoms with E-state index in [2.05, 4.69) is 10.2 Å². The minimum atomic E-state index is -4.60. The second-order valence-electron chi connectivity index (χ2n) is 7.68. The Bertz CT molecular complexity index is 1160. The molecule has 1 N–H and O–H groups in total. The number of rotatable bonds is 6. The Morgan fingerprint density at radius 3 is 2.59 bits per heavy atom. The van der Waals surface area contributed by atoms with Crippen molar-refractivity contribution >= 4 is 28.8 Å². The molecule has 1 aliphatic heterocycles. The highest BCUT2D eigenvalue weighted by Gasteiger charge is 2.40. The van der Waals surface area contributed by atoms with Gasteiger partial charge in [0.1, 0.15) is 11.5 Å². The van der Waals surface area contributed by atoms with Crippen LogP contribution < -0.4 is 5.32 Å². The SMILES string of the molecule is [C-]#[N+]c1cc(NC(=O)c2c(C)c(C(=O)C(=O)C[C@@H](C)C(F)(F)F)c3n2CCC3)ccc1F. The molecular weight excluding hydrogens is 430 g/mol. The Morgan fingerprint density at radius 2 is 1.97 bits per heavy atom. The van der Waals surface area contributed by atoms with Crippen molar-refractivity contribution in [3.8, 4) is 0 Å². The van der Waals surface area contributed by atoms with E-state index in [1.165, 1.54) is 13.0 Å². The van der Waals surface area contributed by atoms with Crippen LogP contribution in [0.4, 0.5) is 28.9 Å². The van der Waals surface area contributed by atoms with Crippen LogP contribution in [-0.4, -0.2) is 28.2 Å². The van der Waals surface area contributed by atoms with Crippen molar-refractivity contribution in [1.82, 2.24) is 4.57 Å². The third kappa shape index (κ3) is 4.28. The number of aromatic nitrogens is 1. The summed E-state index contributed by atoms with van der Waals surface area (Å²) >= 11 is 0. The highest BCUT2D eigenvalue weighted by molar-refractivity contribution is 6.44. The summed E-state index contributed by atoms with van der Waals surface area (Å²) in [4.78, 5) is 41.0. The number of anilines is 1. The highest BCUT2D eigenvalue weighted by Crippen LogP contribution is 2.33. The van der Waals surface area contributed by atoms with Gasteiger partial charge in [0.25, 0.3) is 5.91 Å². The van der Waals surface area contributed by atoms with Gasteiger partial charge in [-0.05, 0) is 43.5 Å². The standard InChI is InChI=1S/C22H19F4N3O3/c1-11(22(24,25)26)9-17(30)20(31)18-12(2)19(29-8-4-5-16(18)29)21(32)28-13-6-7-14(23)15(10-13)27-3/h6-7,10-11H,4-5,8-9H2,1-2H3,(H,28,32)/t11-/m1/s1. The number of halogens is 4. The Morgan fingerprint density at radius 1 is 1.28 bits per heavy atom. The van der Waals surface area contributed by atoms with Gasteiger partial charge in [0.05, 0.1) is 18.1 Å². The quantitative estimate of drug-likeness (QED) is 0.291. The summed E-state index contributed by atoms with van der Waals surface area (Å²) in [5, 5.41) is 2.55. The number of benzene rings is 1. The number of alkyl halides is 3. The molecule has 0 spiro atoms. The maximum Gasteiger partial charge on any atom is 0.391 e. The van der Waals surface area contributed by atoms with Gasteiger partial charge in [-0.3, -0.25) is 14.4 Å². The fourth-order valence-electron chi connectivity index (χ4n) is 3.81. The van der Waals surface area contributed by atoms with Gasteiger partial charge in [-0.1, -0.05) is 6.92 Å². The van der Waals surface area contributed by atoms with Gasteiger partial charge in [-0.2, -0.15) is 13.2 Å². The first-order chi connectivity index (χ1) is 15.0. The molecule has 2 aromatic rings. The zero-order valence-electron chi connectivity index (χ0n) is 17.3. The lowest BCUT2D eigenvalue weighted by molar-refractivity contribution is -0.172. The zero-order valence-corrected chi connectivity index (χ0v) is 17.3. The molecular formula is C22H19F4N3O3. The van der Waals surface area contributed by atoms with Crippen LogP contribution in [0.2, 0.25) is 0 Å². The summed E-state index contributed by atoms with van der Waals surface area (Å²) in [6.45, 7) is 9.66. The zero-order chi connectivity index (χ0) is 23.8. The number of nitrogens with zero attached hydrogens (tertiary/aromatic N) is 2. The third-order valence-corrected chi connectivity index (χ3v) is 5.48. The predicted molar refractivity (Wildman–Crippen MR) is 107 cm³/mol. The highest BCUT2D eigenvalue weighted by atomic mass is 19.4. The maximum absolute atomic E-state index is 13.5. The fourth-order valence-corrected chi connectivity index (χ4v) is 3.81. The molecule has 1 aliphatic rings. The molecule has 3 rings (SSSR count). The van der Waals surface area contributed by atoms with E-state index in [4.69, 9.17) is 6.57 Å². The number of carbonyl (C=O) groups excluding carboxylic acids is 3. The van der Waals surface area contributed by atoms with Gasteiger partial charge in [0.2, 0.25) is 17.3 Å². The lowest BCUT2D eigenvalue weighted by Gasteiger charge is -2.14. The molecule has 1 atom stereocenters. The number of fused-ring (bicyclic) bond motifs is 1. The van der Waals surface area contributed by atoms with Gasteiger partial charge in [-0.15, -0.1) is 0 Å². The predicted octanol–water partition coefficient (Wildman–Crippen LogP) is 5.03. The minimum Gasteiger partial charge on any atom is -0.340 e. The van der Waals surface area contributed by atoms with Gasteiger partial charge in [0.15, 0.2) is 0 Å². The van der Waals surface area contributed by atoms with Crippen LogP contribution >= 0.6 is 0 Å². The molecule has 1 amide bonds. The van der Waals surface area contributed by atoms with Crippen molar-refractivity contribution in [2.45, 2.75) is 45.8 Å². The molecule has 0 fully saturated rings. The van der Waals surface area contributed by atoms with Crippen LogP contribution in [0.3, 0.4) is 0 Å². The number of Topliss-reactive ketones (excluding diaryl/α,β-unsaturated/α-hetero) is 2. The second kappa shape index (κ2) is 8.57. The molecule has 6 nitrogen and oxygen atoms in total. The fraction of sp³-hybridized carbons (Fsp3) is 0.364. The van der Waals surface area contributed by atoms with Crippen LogP contribution in [0, 0.1) is 25.2 Å².